The van der Waals surface area contributed by atoms with Crippen LogP contribution >= 0.6 is 0 Å². The molecule has 12 nitrogen and oxygen atoms in total. The summed E-state index contributed by atoms with van der Waals surface area (Å²) in [6.07, 6.45) is 0. The molecule has 0 rings (SSSR count). The predicted octanol–water partition coefficient (Wildman–Crippen LogP) is -2.72. The zero-order chi connectivity index (χ0) is 18.8. The van der Waals surface area contributed by atoms with Gasteiger partial charge in [0.2, 0.25) is 0 Å². The molecule has 0 saturated heterocycles. The summed E-state index contributed by atoms with van der Waals surface area (Å²) in [5, 5.41) is 28.5. The van der Waals surface area contributed by atoms with Gasteiger partial charge in [-0.15, -0.1) is 0 Å². The molecule has 0 aromatic carbocycles. The van der Waals surface area contributed by atoms with Gasteiger partial charge in [-0.2, -0.15) is 8.42 Å². The summed E-state index contributed by atoms with van der Waals surface area (Å²) >= 11 is 0. The highest BCUT2D eigenvalue weighted by Gasteiger charge is 2.18. The van der Waals surface area contributed by atoms with Crippen LogP contribution in [-0.2, 0) is 24.5 Å². The van der Waals surface area contributed by atoms with E-state index in [1.165, 1.54) is 4.90 Å². The standard InChI is InChI=1S/C11H21N3O9S/c15-9(16)5-12-1-2-13(8-24(21,22)23)3-4-14(6-10(17)18)7-11(19)20/h12H,1-8H2,(H,15,16)(H,17,18)(H,19,20)(H,21,22,23). The van der Waals surface area contributed by atoms with Gasteiger partial charge < -0.3 is 20.6 Å². The second-order valence-electron chi connectivity index (χ2n) is 4.90. The maximum absolute atomic E-state index is 11.0. The van der Waals surface area contributed by atoms with Gasteiger partial charge in [-0.25, -0.2) is 0 Å². The fourth-order valence-corrected chi connectivity index (χ4v) is 2.50. The average Bonchev–Trinajstić information content (AvgIpc) is 2.37. The molecule has 0 aliphatic carbocycles. The fraction of sp³-hybridized carbons (Fsp3) is 0.727. The molecule has 0 aromatic rings. The second kappa shape index (κ2) is 10.9. The highest BCUT2D eigenvalue weighted by Crippen LogP contribution is 1.96. The molecule has 0 heterocycles. The van der Waals surface area contributed by atoms with Gasteiger partial charge in [-0.1, -0.05) is 0 Å². The van der Waals surface area contributed by atoms with Crippen molar-refractivity contribution in [1.82, 2.24) is 15.1 Å². The number of carboxylic acid groups (broad SMARTS) is 3. The number of hydrogen-bond acceptors (Lipinski definition) is 8. The predicted molar refractivity (Wildman–Crippen MR) is 80.2 cm³/mol. The molecule has 140 valence electrons. The van der Waals surface area contributed by atoms with Crippen molar-refractivity contribution in [1.29, 1.82) is 0 Å². The number of carbonyl (C=O) groups is 3. The van der Waals surface area contributed by atoms with Crippen LogP contribution in [0.3, 0.4) is 0 Å². The Morgan fingerprint density at radius 1 is 0.833 bits per heavy atom. The van der Waals surface area contributed by atoms with Crippen LogP contribution in [0.4, 0.5) is 0 Å². The lowest BCUT2D eigenvalue weighted by Gasteiger charge is -2.25. The number of rotatable bonds is 14. The number of nitrogens with one attached hydrogen (secondary N) is 1. The Morgan fingerprint density at radius 2 is 1.33 bits per heavy atom. The Labute approximate surface area is 138 Å². The summed E-state index contributed by atoms with van der Waals surface area (Å²) in [6, 6.07) is 0. The minimum atomic E-state index is -4.34. The van der Waals surface area contributed by atoms with E-state index in [4.69, 9.17) is 19.9 Å². The number of carboxylic acids is 3. The molecular weight excluding hydrogens is 350 g/mol. The maximum atomic E-state index is 11.0. The van der Waals surface area contributed by atoms with E-state index in [9.17, 15) is 22.8 Å². The maximum Gasteiger partial charge on any atom is 0.317 e. The molecule has 0 spiro atoms. The molecule has 0 fully saturated rings. The zero-order valence-corrected chi connectivity index (χ0v) is 13.6. The Hall–Kier alpha value is -1.80. The molecule has 0 aromatic heterocycles. The molecule has 0 bridgehead atoms. The van der Waals surface area contributed by atoms with Crippen molar-refractivity contribution < 1.29 is 42.7 Å². The summed E-state index contributed by atoms with van der Waals surface area (Å²) in [5.41, 5.74) is 0. The van der Waals surface area contributed by atoms with Crippen molar-refractivity contribution in [2.24, 2.45) is 0 Å². The Balaban J connectivity index is 4.61. The van der Waals surface area contributed by atoms with Crippen molar-refractivity contribution in [2.75, 3.05) is 51.7 Å². The largest absolute Gasteiger partial charge is 0.480 e. The van der Waals surface area contributed by atoms with Gasteiger partial charge in [0, 0.05) is 26.2 Å². The minimum absolute atomic E-state index is 0.0326. The Bertz CT molecular complexity index is 521. The summed E-state index contributed by atoms with van der Waals surface area (Å²) < 4.78 is 30.9. The number of hydrogen-bond donors (Lipinski definition) is 5. The molecule has 0 radical (unpaired) electrons. The van der Waals surface area contributed by atoms with E-state index < -0.39 is 47.0 Å². The SMILES string of the molecule is O=C(O)CNCCN(CCN(CC(=O)O)CC(=O)O)CS(=O)(=O)O. The van der Waals surface area contributed by atoms with Crippen LogP contribution in [-0.4, -0.2) is 108 Å². The zero-order valence-electron chi connectivity index (χ0n) is 12.8. The molecular formula is C11H21N3O9S. The topological polar surface area (TPSA) is 185 Å². The second-order valence-corrected chi connectivity index (χ2v) is 6.32. The van der Waals surface area contributed by atoms with Crippen molar-refractivity contribution in [3.05, 3.63) is 0 Å². The van der Waals surface area contributed by atoms with E-state index in [0.717, 1.165) is 4.90 Å². The van der Waals surface area contributed by atoms with Crippen LogP contribution in [0.15, 0.2) is 0 Å². The van der Waals surface area contributed by atoms with E-state index in [1.54, 1.807) is 0 Å². The first-order valence-electron chi connectivity index (χ1n) is 6.75. The van der Waals surface area contributed by atoms with Crippen LogP contribution in [0.25, 0.3) is 0 Å². The van der Waals surface area contributed by atoms with Gasteiger partial charge in [0.1, 0.15) is 5.88 Å². The van der Waals surface area contributed by atoms with E-state index in [-0.39, 0.29) is 32.7 Å². The van der Waals surface area contributed by atoms with E-state index in [0.29, 0.717) is 0 Å². The molecule has 0 amide bonds. The monoisotopic (exact) mass is 371 g/mol. The molecule has 24 heavy (non-hydrogen) atoms. The molecule has 0 saturated carbocycles. The van der Waals surface area contributed by atoms with E-state index in [2.05, 4.69) is 5.32 Å². The smallest absolute Gasteiger partial charge is 0.317 e. The molecule has 0 unspecified atom stereocenters. The first kappa shape index (κ1) is 22.2. The van der Waals surface area contributed by atoms with Crippen LogP contribution < -0.4 is 5.32 Å². The van der Waals surface area contributed by atoms with Gasteiger partial charge in [-0.3, -0.25) is 28.7 Å². The lowest BCUT2D eigenvalue weighted by atomic mass is 10.4. The Morgan fingerprint density at radius 3 is 1.75 bits per heavy atom. The van der Waals surface area contributed by atoms with Crippen molar-refractivity contribution in [3.8, 4) is 0 Å². The van der Waals surface area contributed by atoms with Gasteiger partial charge in [0.15, 0.2) is 0 Å². The van der Waals surface area contributed by atoms with E-state index >= 15 is 0 Å². The van der Waals surface area contributed by atoms with Crippen LogP contribution in [0.2, 0.25) is 0 Å². The molecule has 13 heteroatoms. The van der Waals surface area contributed by atoms with E-state index in [1.807, 2.05) is 0 Å². The first-order valence-corrected chi connectivity index (χ1v) is 8.36. The van der Waals surface area contributed by atoms with Crippen molar-refractivity contribution >= 4 is 28.0 Å². The normalized spacial score (nSPS) is 11.8. The van der Waals surface area contributed by atoms with Crippen LogP contribution in [0.1, 0.15) is 0 Å². The summed E-state index contributed by atoms with van der Waals surface area (Å²) in [5.74, 6) is -4.30. The highest BCUT2D eigenvalue weighted by atomic mass is 32.2. The summed E-state index contributed by atoms with van der Waals surface area (Å²) in [7, 11) is -4.34. The quantitative estimate of drug-likeness (QED) is 0.157. The minimum Gasteiger partial charge on any atom is -0.480 e. The molecule has 0 aliphatic heterocycles. The third-order valence-electron chi connectivity index (χ3n) is 2.68. The highest BCUT2D eigenvalue weighted by molar-refractivity contribution is 7.85. The van der Waals surface area contributed by atoms with Crippen molar-refractivity contribution in [3.63, 3.8) is 0 Å². The Kier molecular flexibility index (Phi) is 10.1. The summed E-state index contributed by atoms with van der Waals surface area (Å²) in [4.78, 5) is 34.1. The molecule has 5 N–H and O–H groups in total. The number of nitrogens with zero attached hydrogens (tertiary/aromatic N) is 2. The van der Waals surface area contributed by atoms with Gasteiger partial charge in [0.05, 0.1) is 19.6 Å². The lowest BCUT2D eigenvalue weighted by Crippen LogP contribution is -2.43. The third kappa shape index (κ3) is 13.8. The first-order chi connectivity index (χ1) is 11.0. The van der Waals surface area contributed by atoms with Gasteiger partial charge in [0.25, 0.3) is 10.1 Å². The lowest BCUT2D eigenvalue weighted by molar-refractivity contribution is -0.142. The van der Waals surface area contributed by atoms with Crippen LogP contribution in [0, 0.1) is 0 Å². The summed E-state index contributed by atoms with van der Waals surface area (Å²) in [6.45, 7) is -1.33. The average molecular weight is 371 g/mol. The third-order valence-corrected chi connectivity index (χ3v) is 3.37. The molecule has 0 atom stereocenters. The number of aliphatic carboxylic acids is 3. The molecule has 0 aliphatic rings. The fourth-order valence-electron chi connectivity index (χ4n) is 1.78. The van der Waals surface area contributed by atoms with Crippen LogP contribution in [0.5, 0.6) is 0 Å². The van der Waals surface area contributed by atoms with Gasteiger partial charge >= 0.3 is 17.9 Å². The van der Waals surface area contributed by atoms with Crippen molar-refractivity contribution in [2.45, 2.75) is 0 Å². The van der Waals surface area contributed by atoms with Gasteiger partial charge in [-0.05, 0) is 0 Å².